The Kier molecular flexibility index (Phi) is 5.18. The van der Waals surface area contributed by atoms with Gasteiger partial charge in [0.15, 0.2) is 0 Å². The number of rotatable bonds is 7. The molecule has 5 nitrogen and oxygen atoms in total. The zero-order valence-corrected chi connectivity index (χ0v) is 11.6. The predicted molar refractivity (Wildman–Crippen MR) is 78.0 cm³/mol. The van der Waals surface area contributed by atoms with Crippen molar-refractivity contribution in [2.24, 2.45) is 11.1 Å². The van der Waals surface area contributed by atoms with E-state index in [2.05, 4.69) is 19.2 Å². The van der Waals surface area contributed by atoms with Crippen LogP contribution in [-0.4, -0.2) is 24.2 Å². The van der Waals surface area contributed by atoms with E-state index >= 15 is 0 Å². The Morgan fingerprint density at radius 1 is 1.42 bits per heavy atom. The van der Waals surface area contributed by atoms with Gasteiger partial charge in [-0.1, -0.05) is 13.8 Å². The molecule has 19 heavy (non-hydrogen) atoms. The van der Waals surface area contributed by atoms with E-state index < -0.39 is 5.91 Å². The lowest BCUT2D eigenvalue weighted by molar-refractivity contribution is 0.100. The average molecular weight is 265 g/mol. The van der Waals surface area contributed by atoms with Crippen molar-refractivity contribution in [2.45, 2.75) is 26.7 Å². The van der Waals surface area contributed by atoms with Gasteiger partial charge in [0.05, 0.1) is 11.4 Å². The van der Waals surface area contributed by atoms with Crippen LogP contribution in [0.3, 0.4) is 0 Å². The highest BCUT2D eigenvalue weighted by atomic mass is 16.2. The number of nitrogens with one attached hydrogen (secondary N) is 1. The van der Waals surface area contributed by atoms with Crippen LogP contribution in [0.25, 0.3) is 0 Å². The van der Waals surface area contributed by atoms with Gasteiger partial charge in [0.2, 0.25) is 5.91 Å². The fourth-order valence-electron chi connectivity index (χ4n) is 1.86. The summed E-state index contributed by atoms with van der Waals surface area (Å²) in [5, 5.41) is 12.1. The van der Waals surface area contributed by atoms with Gasteiger partial charge in [0, 0.05) is 18.7 Å². The maximum absolute atomic E-state index is 11.0. The van der Waals surface area contributed by atoms with Gasteiger partial charge in [-0.15, -0.1) is 0 Å². The number of benzene rings is 1. The van der Waals surface area contributed by atoms with Crippen LogP contribution in [0.1, 0.15) is 37.0 Å². The number of nitrogen functional groups attached to an aromatic ring is 1. The van der Waals surface area contributed by atoms with E-state index in [4.69, 9.17) is 16.6 Å². The molecule has 1 aromatic rings. The van der Waals surface area contributed by atoms with Gasteiger partial charge in [-0.3, -0.25) is 4.79 Å². The number of carbonyl (C=O) groups excluding carboxylic acids is 1. The summed E-state index contributed by atoms with van der Waals surface area (Å²) < 4.78 is 0. The van der Waals surface area contributed by atoms with Gasteiger partial charge in [-0.25, -0.2) is 0 Å². The molecule has 0 radical (unpaired) electrons. The van der Waals surface area contributed by atoms with Crippen molar-refractivity contribution in [2.75, 3.05) is 24.2 Å². The number of aliphatic hydroxyl groups is 1. The fourth-order valence-corrected chi connectivity index (χ4v) is 1.86. The molecule has 0 aromatic heterocycles. The summed E-state index contributed by atoms with van der Waals surface area (Å²) in [6, 6.07) is 4.99. The fraction of sp³-hybridized carbons (Fsp3) is 0.500. The molecule has 0 heterocycles. The molecule has 0 bridgehead atoms. The molecule has 1 aromatic carbocycles. The Hall–Kier alpha value is -1.75. The Labute approximate surface area is 114 Å². The molecule has 0 aliphatic rings. The molecule has 0 aliphatic carbocycles. The lowest BCUT2D eigenvalue weighted by Crippen LogP contribution is -2.24. The third-order valence-electron chi connectivity index (χ3n) is 3.11. The monoisotopic (exact) mass is 265 g/mol. The number of primary amides is 1. The van der Waals surface area contributed by atoms with E-state index in [1.807, 2.05) is 0 Å². The van der Waals surface area contributed by atoms with Gasteiger partial charge >= 0.3 is 0 Å². The zero-order valence-electron chi connectivity index (χ0n) is 11.6. The van der Waals surface area contributed by atoms with Gasteiger partial charge in [-0.2, -0.15) is 0 Å². The van der Waals surface area contributed by atoms with Crippen molar-refractivity contribution in [1.29, 1.82) is 0 Å². The molecular formula is C14H23N3O2. The highest BCUT2D eigenvalue weighted by Gasteiger charge is 2.17. The van der Waals surface area contributed by atoms with Crippen LogP contribution < -0.4 is 16.8 Å². The summed E-state index contributed by atoms with van der Waals surface area (Å²) in [7, 11) is 0. The number of hydrogen-bond donors (Lipinski definition) is 4. The van der Waals surface area contributed by atoms with Crippen LogP contribution in [0.4, 0.5) is 11.4 Å². The van der Waals surface area contributed by atoms with Crippen LogP contribution in [0, 0.1) is 5.41 Å². The van der Waals surface area contributed by atoms with Crippen molar-refractivity contribution in [3.63, 3.8) is 0 Å². The number of anilines is 2. The second-order valence-corrected chi connectivity index (χ2v) is 5.51. The van der Waals surface area contributed by atoms with Crippen molar-refractivity contribution in [3.8, 4) is 0 Å². The van der Waals surface area contributed by atoms with Crippen LogP contribution in [0.15, 0.2) is 18.2 Å². The topological polar surface area (TPSA) is 101 Å². The molecule has 1 rings (SSSR count). The summed E-state index contributed by atoms with van der Waals surface area (Å²) in [4.78, 5) is 11.0. The maximum atomic E-state index is 11.0. The minimum atomic E-state index is -0.485. The number of aliphatic hydroxyl groups excluding tert-OH is 1. The second-order valence-electron chi connectivity index (χ2n) is 5.51. The third kappa shape index (κ3) is 4.79. The Morgan fingerprint density at radius 3 is 2.63 bits per heavy atom. The van der Waals surface area contributed by atoms with Crippen LogP contribution >= 0.6 is 0 Å². The van der Waals surface area contributed by atoms with Crippen LogP contribution in [0.2, 0.25) is 0 Å². The molecule has 0 unspecified atom stereocenters. The van der Waals surface area contributed by atoms with Crippen LogP contribution in [0.5, 0.6) is 0 Å². The minimum absolute atomic E-state index is 0.0670. The summed E-state index contributed by atoms with van der Waals surface area (Å²) in [6.45, 7) is 5.21. The summed E-state index contributed by atoms with van der Waals surface area (Å²) in [5.74, 6) is -0.485. The Bertz CT molecular complexity index is 444. The summed E-state index contributed by atoms with van der Waals surface area (Å²) >= 11 is 0. The normalized spacial score (nSPS) is 11.3. The first-order valence-electron chi connectivity index (χ1n) is 6.40. The molecule has 6 N–H and O–H groups in total. The quantitative estimate of drug-likeness (QED) is 0.562. The Balaban J connectivity index is 2.65. The molecule has 0 fully saturated rings. The molecule has 106 valence electrons. The zero-order chi connectivity index (χ0) is 14.5. The van der Waals surface area contributed by atoms with Gasteiger partial charge in [0.25, 0.3) is 0 Å². The van der Waals surface area contributed by atoms with Crippen molar-refractivity contribution >= 4 is 17.3 Å². The molecular weight excluding hydrogens is 242 g/mol. The lowest BCUT2D eigenvalue weighted by Gasteiger charge is -2.25. The molecule has 0 saturated carbocycles. The van der Waals surface area contributed by atoms with Gasteiger partial charge < -0.3 is 21.9 Å². The lowest BCUT2D eigenvalue weighted by atomic mass is 9.88. The van der Waals surface area contributed by atoms with E-state index in [9.17, 15) is 4.79 Å². The maximum Gasteiger partial charge on any atom is 0.248 e. The van der Waals surface area contributed by atoms with E-state index in [-0.39, 0.29) is 12.0 Å². The van der Waals surface area contributed by atoms with E-state index in [1.165, 1.54) is 0 Å². The predicted octanol–water partition coefficient (Wildman–Crippen LogP) is 1.58. The number of amides is 1. The van der Waals surface area contributed by atoms with E-state index in [1.54, 1.807) is 18.2 Å². The van der Waals surface area contributed by atoms with Crippen molar-refractivity contribution in [3.05, 3.63) is 23.8 Å². The number of carbonyl (C=O) groups is 1. The van der Waals surface area contributed by atoms with Crippen LogP contribution in [-0.2, 0) is 0 Å². The van der Waals surface area contributed by atoms with Gasteiger partial charge in [-0.05, 0) is 36.5 Å². The standard InChI is InChI=1S/C14H23N3O2/c1-14(2,6-3-7-18)9-17-12-5-4-10(13(16)19)8-11(12)15/h4-5,8,17-18H,3,6-7,9,15H2,1-2H3,(H2,16,19). The highest BCUT2D eigenvalue weighted by molar-refractivity contribution is 5.94. The first-order chi connectivity index (χ1) is 8.85. The van der Waals surface area contributed by atoms with E-state index in [0.29, 0.717) is 11.3 Å². The SMILES string of the molecule is CC(C)(CCCO)CNc1ccc(C(N)=O)cc1N. The molecule has 5 heteroatoms. The average Bonchev–Trinajstić information content (AvgIpc) is 2.35. The number of nitrogens with two attached hydrogens (primary N) is 2. The van der Waals surface area contributed by atoms with Gasteiger partial charge in [0.1, 0.15) is 0 Å². The molecule has 0 atom stereocenters. The second kappa shape index (κ2) is 6.43. The first kappa shape index (κ1) is 15.3. The summed E-state index contributed by atoms with van der Waals surface area (Å²) in [6.07, 6.45) is 1.71. The highest BCUT2D eigenvalue weighted by Crippen LogP contribution is 2.25. The number of hydrogen-bond acceptors (Lipinski definition) is 4. The molecule has 1 amide bonds. The minimum Gasteiger partial charge on any atom is -0.397 e. The van der Waals surface area contributed by atoms with Crippen molar-refractivity contribution < 1.29 is 9.90 Å². The molecule has 0 saturated heterocycles. The molecule has 0 spiro atoms. The Morgan fingerprint density at radius 2 is 2.11 bits per heavy atom. The molecule has 0 aliphatic heterocycles. The largest absolute Gasteiger partial charge is 0.397 e. The summed E-state index contributed by atoms with van der Waals surface area (Å²) in [5.41, 5.74) is 12.8. The van der Waals surface area contributed by atoms with Crippen molar-refractivity contribution in [1.82, 2.24) is 0 Å². The third-order valence-corrected chi connectivity index (χ3v) is 3.11. The first-order valence-corrected chi connectivity index (χ1v) is 6.40. The van der Waals surface area contributed by atoms with E-state index in [0.717, 1.165) is 25.1 Å². The smallest absolute Gasteiger partial charge is 0.248 e.